The number of anilines is 1. The fourth-order valence-electron chi connectivity index (χ4n) is 2.10. The number of H-pyrrole nitrogens is 1. The predicted molar refractivity (Wildman–Crippen MR) is 77.6 cm³/mol. The zero-order chi connectivity index (χ0) is 15.0. The van der Waals surface area contributed by atoms with E-state index >= 15 is 0 Å². The summed E-state index contributed by atoms with van der Waals surface area (Å²) in [6.07, 6.45) is 1.61. The maximum Gasteiger partial charge on any atom is 0.273 e. The van der Waals surface area contributed by atoms with Crippen LogP contribution in [0.15, 0.2) is 28.8 Å². The number of oxazole rings is 1. The van der Waals surface area contributed by atoms with Crippen LogP contribution in [-0.2, 0) is 0 Å². The second-order valence-corrected chi connectivity index (χ2v) is 4.88. The van der Waals surface area contributed by atoms with Crippen molar-refractivity contribution in [3.63, 3.8) is 0 Å². The molecule has 0 aliphatic rings. The molecule has 0 saturated heterocycles. The second kappa shape index (κ2) is 4.93. The zero-order valence-electron chi connectivity index (χ0n) is 11.7. The van der Waals surface area contributed by atoms with Crippen molar-refractivity contribution in [2.45, 2.75) is 19.9 Å². The number of nitrogens with zero attached hydrogens (tertiary/aromatic N) is 2. The van der Waals surface area contributed by atoms with Gasteiger partial charge < -0.3 is 15.5 Å². The topological polar surface area (TPSA) is 110 Å². The summed E-state index contributed by atoms with van der Waals surface area (Å²) < 4.78 is 5.40. The summed E-state index contributed by atoms with van der Waals surface area (Å²) in [5.41, 5.74) is 7.38. The number of carbonyl (C=O) groups is 1. The van der Waals surface area contributed by atoms with Crippen LogP contribution in [0.3, 0.4) is 0 Å². The van der Waals surface area contributed by atoms with E-state index in [2.05, 4.69) is 20.5 Å². The Bertz CT molecular complexity index is 805. The number of hydrogen-bond acceptors (Lipinski definition) is 5. The summed E-state index contributed by atoms with van der Waals surface area (Å²) in [5, 5.41) is 10.3. The van der Waals surface area contributed by atoms with Gasteiger partial charge in [0.1, 0.15) is 11.8 Å². The molecule has 0 fully saturated rings. The van der Waals surface area contributed by atoms with Gasteiger partial charge in [-0.05, 0) is 32.0 Å². The Kier molecular flexibility index (Phi) is 3.09. The smallest absolute Gasteiger partial charge is 0.273 e. The van der Waals surface area contributed by atoms with Crippen molar-refractivity contribution < 1.29 is 9.21 Å². The Morgan fingerprint density at radius 2 is 2.29 bits per heavy atom. The number of nitrogen functional groups attached to an aromatic ring is 1. The lowest BCUT2D eigenvalue weighted by Crippen LogP contribution is -2.27. The monoisotopic (exact) mass is 285 g/mol. The van der Waals surface area contributed by atoms with Gasteiger partial charge in [-0.15, -0.1) is 0 Å². The zero-order valence-corrected chi connectivity index (χ0v) is 11.7. The number of hydrogen-bond donors (Lipinski definition) is 3. The first-order valence-corrected chi connectivity index (χ1v) is 6.51. The number of aryl methyl sites for hydroxylation is 1. The van der Waals surface area contributed by atoms with Crippen LogP contribution >= 0.6 is 0 Å². The Morgan fingerprint density at radius 1 is 1.48 bits per heavy atom. The molecule has 2 aromatic heterocycles. The first kappa shape index (κ1) is 13.2. The van der Waals surface area contributed by atoms with E-state index in [4.69, 9.17) is 10.2 Å². The molecule has 0 aliphatic carbocycles. The van der Waals surface area contributed by atoms with Gasteiger partial charge in [-0.3, -0.25) is 9.89 Å². The molecule has 0 saturated carbocycles. The third kappa shape index (κ3) is 2.45. The van der Waals surface area contributed by atoms with E-state index in [0.29, 0.717) is 28.4 Å². The Balaban J connectivity index is 1.85. The first-order chi connectivity index (χ1) is 10.0. The van der Waals surface area contributed by atoms with Crippen LogP contribution in [0.2, 0.25) is 0 Å². The summed E-state index contributed by atoms with van der Waals surface area (Å²) in [7, 11) is 0. The van der Waals surface area contributed by atoms with Gasteiger partial charge in [0.05, 0.1) is 11.7 Å². The van der Waals surface area contributed by atoms with Crippen molar-refractivity contribution in [3.8, 4) is 0 Å². The molecular weight excluding hydrogens is 270 g/mol. The number of benzene rings is 1. The average Bonchev–Trinajstić information content (AvgIpc) is 3.04. The first-order valence-electron chi connectivity index (χ1n) is 6.51. The minimum Gasteiger partial charge on any atom is -0.444 e. The lowest BCUT2D eigenvalue weighted by Gasteiger charge is -2.09. The molecule has 7 nitrogen and oxygen atoms in total. The highest BCUT2D eigenvalue weighted by Gasteiger charge is 2.19. The molecule has 21 heavy (non-hydrogen) atoms. The SMILES string of the molecule is Cc1cnc(C(C)NC(=O)c2n[nH]c3ccc(N)cc23)o1. The van der Waals surface area contributed by atoms with Gasteiger partial charge in [0.2, 0.25) is 5.89 Å². The van der Waals surface area contributed by atoms with Crippen LogP contribution in [0.25, 0.3) is 10.9 Å². The van der Waals surface area contributed by atoms with Gasteiger partial charge in [0.25, 0.3) is 5.91 Å². The minimum atomic E-state index is -0.348. The van der Waals surface area contributed by atoms with Crippen LogP contribution in [0.1, 0.15) is 35.1 Å². The van der Waals surface area contributed by atoms with Gasteiger partial charge in [0, 0.05) is 11.1 Å². The maximum absolute atomic E-state index is 12.3. The average molecular weight is 285 g/mol. The van der Waals surface area contributed by atoms with Crippen molar-refractivity contribution in [1.82, 2.24) is 20.5 Å². The molecular formula is C14H15N5O2. The maximum atomic E-state index is 12.3. The number of aromatic amines is 1. The van der Waals surface area contributed by atoms with Crippen LogP contribution in [0.4, 0.5) is 5.69 Å². The van der Waals surface area contributed by atoms with Crippen LogP contribution in [0.5, 0.6) is 0 Å². The van der Waals surface area contributed by atoms with Crippen molar-refractivity contribution >= 4 is 22.5 Å². The minimum absolute atomic E-state index is 0.299. The third-order valence-electron chi connectivity index (χ3n) is 3.16. The van der Waals surface area contributed by atoms with Crippen LogP contribution in [0, 0.1) is 6.92 Å². The molecule has 0 bridgehead atoms. The van der Waals surface area contributed by atoms with E-state index in [1.165, 1.54) is 0 Å². The number of rotatable bonds is 3. The quantitative estimate of drug-likeness (QED) is 0.637. The fourth-order valence-corrected chi connectivity index (χ4v) is 2.10. The molecule has 108 valence electrons. The second-order valence-electron chi connectivity index (χ2n) is 4.88. The Hall–Kier alpha value is -2.83. The number of nitrogens with one attached hydrogen (secondary N) is 2. The summed E-state index contributed by atoms with van der Waals surface area (Å²) in [6.45, 7) is 3.60. The summed E-state index contributed by atoms with van der Waals surface area (Å²) in [4.78, 5) is 16.4. The number of nitrogens with two attached hydrogens (primary N) is 1. The highest BCUT2D eigenvalue weighted by Crippen LogP contribution is 2.20. The summed E-state index contributed by atoms with van der Waals surface area (Å²) >= 11 is 0. The van der Waals surface area contributed by atoms with Crippen molar-refractivity contribution in [2.24, 2.45) is 0 Å². The molecule has 0 aliphatic heterocycles. The van der Waals surface area contributed by atoms with E-state index in [1.54, 1.807) is 38.2 Å². The normalized spacial score (nSPS) is 12.5. The molecule has 1 aromatic carbocycles. The molecule has 3 rings (SSSR count). The fraction of sp³-hybridized carbons (Fsp3) is 0.214. The van der Waals surface area contributed by atoms with Gasteiger partial charge in [0.15, 0.2) is 5.69 Å². The molecule has 3 aromatic rings. The number of carbonyl (C=O) groups excluding carboxylic acids is 1. The molecule has 4 N–H and O–H groups in total. The number of fused-ring (bicyclic) bond motifs is 1. The van der Waals surface area contributed by atoms with Crippen molar-refractivity contribution in [3.05, 3.63) is 41.7 Å². The highest BCUT2D eigenvalue weighted by molar-refractivity contribution is 6.05. The van der Waals surface area contributed by atoms with E-state index in [-0.39, 0.29) is 11.9 Å². The summed E-state index contributed by atoms with van der Waals surface area (Å²) in [5.74, 6) is 0.847. The van der Waals surface area contributed by atoms with Gasteiger partial charge in [-0.25, -0.2) is 4.98 Å². The molecule has 0 spiro atoms. The van der Waals surface area contributed by atoms with Gasteiger partial charge in [-0.2, -0.15) is 5.10 Å². The number of aromatic nitrogens is 3. The van der Waals surface area contributed by atoms with Crippen molar-refractivity contribution in [1.29, 1.82) is 0 Å². The third-order valence-corrected chi connectivity index (χ3v) is 3.16. The van der Waals surface area contributed by atoms with Gasteiger partial charge in [-0.1, -0.05) is 0 Å². The van der Waals surface area contributed by atoms with E-state index in [1.807, 2.05) is 0 Å². The van der Waals surface area contributed by atoms with E-state index in [9.17, 15) is 4.79 Å². The highest BCUT2D eigenvalue weighted by atomic mass is 16.4. The predicted octanol–water partition coefficient (Wildman–Crippen LogP) is 1.93. The molecule has 1 atom stereocenters. The lowest BCUT2D eigenvalue weighted by molar-refractivity contribution is 0.0930. The molecule has 1 amide bonds. The van der Waals surface area contributed by atoms with Crippen LogP contribution in [-0.4, -0.2) is 21.1 Å². The van der Waals surface area contributed by atoms with E-state index < -0.39 is 0 Å². The molecule has 7 heteroatoms. The standard InChI is InChI=1S/C14H15N5O2/c1-7-6-16-14(21-7)8(2)17-13(20)12-10-5-9(15)3-4-11(10)18-19-12/h3-6,8H,15H2,1-2H3,(H,17,20)(H,18,19). The molecule has 2 heterocycles. The Morgan fingerprint density at radius 3 is 3.00 bits per heavy atom. The number of amides is 1. The summed E-state index contributed by atoms with van der Waals surface area (Å²) in [6, 6.07) is 4.91. The van der Waals surface area contributed by atoms with E-state index in [0.717, 1.165) is 5.52 Å². The molecule has 0 radical (unpaired) electrons. The van der Waals surface area contributed by atoms with Crippen LogP contribution < -0.4 is 11.1 Å². The van der Waals surface area contributed by atoms with Gasteiger partial charge >= 0.3 is 0 Å². The Labute approximate surface area is 120 Å². The van der Waals surface area contributed by atoms with Crippen molar-refractivity contribution in [2.75, 3.05) is 5.73 Å². The largest absolute Gasteiger partial charge is 0.444 e. The lowest BCUT2D eigenvalue weighted by atomic mass is 10.2. The molecule has 1 unspecified atom stereocenters.